The van der Waals surface area contributed by atoms with Crippen molar-refractivity contribution in [2.75, 3.05) is 0 Å². The molecule has 0 bridgehead atoms. The lowest BCUT2D eigenvalue weighted by Gasteiger charge is -2.07. The largest absolute Gasteiger partial charge is 0.507 e. The summed E-state index contributed by atoms with van der Waals surface area (Å²) < 4.78 is 1.70. The highest BCUT2D eigenvalue weighted by Crippen LogP contribution is 2.25. The molecule has 98 valence electrons. The molecule has 0 fully saturated rings. The van der Waals surface area contributed by atoms with E-state index in [1.807, 2.05) is 25.1 Å². The van der Waals surface area contributed by atoms with Gasteiger partial charge in [0.05, 0.1) is 5.56 Å². The maximum atomic E-state index is 12.2. The number of hydrogen-bond donors (Lipinski definition) is 1. The molecule has 4 heteroatoms. The Morgan fingerprint density at radius 2 is 1.74 bits per heavy atom. The molecule has 0 aromatic heterocycles. The summed E-state index contributed by atoms with van der Waals surface area (Å²) in [6.07, 6.45) is 0.278. The topological polar surface area (TPSA) is 37.3 Å². The first kappa shape index (κ1) is 14.3. The number of halogens is 2. The van der Waals surface area contributed by atoms with Gasteiger partial charge in [-0.05, 0) is 48.4 Å². The molecule has 0 unspecified atom stereocenters. The predicted octanol–water partition coefficient (Wildman–Crippen LogP) is 4.65. The summed E-state index contributed by atoms with van der Waals surface area (Å²) >= 11 is 6.66. The van der Waals surface area contributed by atoms with Gasteiger partial charge in [0.15, 0.2) is 5.78 Å². The van der Waals surface area contributed by atoms with Gasteiger partial charge in [0.1, 0.15) is 5.75 Å². The summed E-state index contributed by atoms with van der Waals surface area (Å²) in [5.74, 6) is -0.0850. The van der Waals surface area contributed by atoms with E-state index in [0.29, 0.717) is 5.56 Å². The Bertz CT molecular complexity index is 636. The van der Waals surface area contributed by atoms with Crippen molar-refractivity contribution < 1.29 is 9.90 Å². The molecule has 0 saturated carbocycles. The molecule has 2 aromatic carbocycles. The number of phenols is 1. The average molecular weight is 384 g/mol. The summed E-state index contributed by atoms with van der Waals surface area (Å²) in [5.41, 5.74) is 2.37. The van der Waals surface area contributed by atoms with Crippen molar-refractivity contribution in [1.29, 1.82) is 0 Å². The van der Waals surface area contributed by atoms with Crippen LogP contribution in [0.1, 0.15) is 21.5 Å². The van der Waals surface area contributed by atoms with E-state index in [0.717, 1.165) is 20.1 Å². The Hall–Kier alpha value is -1.13. The highest BCUT2D eigenvalue weighted by molar-refractivity contribution is 9.10. The Kier molecular flexibility index (Phi) is 4.42. The molecule has 0 heterocycles. The fraction of sp³-hybridized carbons (Fsp3) is 0.133. The van der Waals surface area contributed by atoms with Gasteiger partial charge < -0.3 is 5.11 Å². The number of ketones is 1. The minimum atomic E-state index is -0.0915. The zero-order valence-corrected chi connectivity index (χ0v) is 13.5. The molecule has 0 saturated heterocycles. The lowest BCUT2D eigenvalue weighted by molar-refractivity contribution is 0.0990. The van der Waals surface area contributed by atoms with Crippen LogP contribution in [0.15, 0.2) is 45.3 Å². The summed E-state index contributed by atoms with van der Waals surface area (Å²) in [6, 6.07) is 10.8. The molecule has 0 aliphatic carbocycles. The molecular formula is C15H12Br2O2. The molecule has 0 amide bonds. The van der Waals surface area contributed by atoms with Gasteiger partial charge in [-0.1, -0.05) is 37.9 Å². The molecule has 0 aliphatic rings. The van der Waals surface area contributed by atoms with Crippen LogP contribution in [0.3, 0.4) is 0 Å². The van der Waals surface area contributed by atoms with Crippen LogP contribution in [0.2, 0.25) is 0 Å². The smallest absolute Gasteiger partial charge is 0.170 e. The molecule has 0 aliphatic heterocycles. The maximum absolute atomic E-state index is 12.2. The van der Waals surface area contributed by atoms with Gasteiger partial charge in [-0.2, -0.15) is 0 Å². The van der Waals surface area contributed by atoms with Crippen LogP contribution >= 0.6 is 31.9 Å². The molecule has 2 nitrogen and oxygen atoms in total. The van der Waals surface area contributed by atoms with Crippen molar-refractivity contribution in [3.05, 3.63) is 62.0 Å². The van der Waals surface area contributed by atoms with E-state index in [2.05, 4.69) is 31.9 Å². The second-order valence-electron chi connectivity index (χ2n) is 4.33. The van der Waals surface area contributed by atoms with Crippen LogP contribution in [-0.2, 0) is 6.42 Å². The van der Waals surface area contributed by atoms with E-state index in [9.17, 15) is 9.90 Å². The van der Waals surface area contributed by atoms with Crippen molar-refractivity contribution in [3.8, 4) is 5.75 Å². The summed E-state index contributed by atoms with van der Waals surface area (Å²) in [4.78, 5) is 12.2. The van der Waals surface area contributed by atoms with E-state index in [4.69, 9.17) is 0 Å². The minimum absolute atomic E-state index is 0.00650. The standard InChI is InChI=1S/C15H12Br2O2/c1-9-2-3-11(16)6-10(9)7-14(18)13-5-4-12(17)8-15(13)19/h2-6,8,19H,7H2,1H3. The Morgan fingerprint density at radius 1 is 1.11 bits per heavy atom. The Balaban J connectivity index is 2.28. The van der Waals surface area contributed by atoms with Gasteiger partial charge >= 0.3 is 0 Å². The monoisotopic (exact) mass is 382 g/mol. The molecule has 2 aromatic rings. The van der Waals surface area contributed by atoms with Crippen LogP contribution in [0.4, 0.5) is 0 Å². The number of hydrogen-bond acceptors (Lipinski definition) is 2. The lowest BCUT2D eigenvalue weighted by Crippen LogP contribution is -2.05. The average Bonchev–Trinajstić information content (AvgIpc) is 2.33. The number of aryl methyl sites for hydroxylation is 1. The van der Waals surface area contributed by atoms with Crippen LogP contribution < -0.4 is 0 Å². The predicted molar refractivity (Wildman–Crippen MR) is 82.7 cm³/mol. The van der Waals surface area contributed by atoms with Crippen molar-refractivity contribution in [2.45, 2.75) is 13.3 Å². The highest BCUT2D eigenvalue weighted by atomic mass is 79.9. The van der Waals surface area contributed by atoms with Crippen LogP contribution in [0, 0.1) is 6.92 Å². The Labute approximate surface area is 128 Å². The fourth-order valence-corrected chi connectivity index (χ4v) is 2.60. The van der Waals surface area contributed by atoms with E-state index in [1.165, 1.54) is 6.07 Å². The molecule has 2 rings (SSSR count). The van der Waals surface area contributed by atoms with E-state index < -0.39 is 0 Å². The minimum Gasteiger partial charge on any atom is -0.507 e. The summed E-state index contributed by atoms with van der Waals surface area (Å²) in [5, 5.41) is 9.80. The zero-order chi connectivity index (χ0) is 14.0. The van der Waals surface area contributed by atoms with Crippen LogP contribution in [-0.4, -0.2) is 10.9 Å². The van der Waals surface area contributed by atoms with Crippen LogP contribution in [0.5, 0.6) is 5.75 Å². The Morgan fingerprint density at radius 3 is 2.42 bits per heavy atom. The first-order valence-corrected chi connectivity index (χ1v) is 7.32. The van der Waals surface area contributed by atoms with Gasteiger partial charge in [-0.25, -0.2) is 0 Å². The number of carbonyl (C=O) groups excluding carboxylic acids is 1. The summed E-state index contributed by atoms with van der Waals surface area (Å²) in [7, 11) is 0. The van der Waals surface area contributed by atoms with Crippen molar-refractivity contribution in [1.82, 2.24) is 0 Å². The van der Waals surface area contributed by atoms with Gasteiger partial charge in [0, 0.05) is 15.4 Å². The maximum Gasteiger partial charge on any atom is 0.170 e. The van der Waals surface area contributed by atoms with Crippen LogP contribution in [0.25, 0.3) is 0 Å². The highest BCUT2D eigenvalue weighted by Gasteiger charge is 2.13. The molecule has 1 N–H and O–H groups in total. The van der Waals surface area contributed by atoms with Crippen molar-refractivity contribution >= 4 is 37.6 Å². The van der Waals surface area contributed by atoms with E-state index >= 15 is 0 Å². The van der Waals surface area contributed by atoms with Gasteiger partial charge in [-0.3, -0.25) is 4.79 Å². The number of rotatable bonds is 3. The van der Waals surface area contributed by atoms with Crippen molar-refractivity contribution in [3.63, 3.8) is 0 Å². The van der Waals surface area contributed by atoms with Gasteiger partial charge in [0.25, 0.3) is 0 Å². The molecule has 0 radical (unpaired) electrons. The second kappa shape index (κ2) is 5.88. The number of carbonyl (C=O) groups is 1. The first-order chi connectivity index (χ1) is 8.97. The van der Waals surface area contributed by atoms with Gasteiger partial charge in [0.2, 0.25) is 0 Å². The number of aromatic hydroxyl groups is 1. The van der Waals surface area contributed by atoms with Gasteiger partial charge in [-0.15, -0.1) is 0 Å². The lowest BCUT2D eigenvalue weighted by atomic mass is 9.99. The molecular weight excluding hydrogens is 372 g/mol. The third kappa shape index (κ3) is 3.45. The number of Topliss-reactive ketones (excluding diaryl/α,β-unsaturated/α-hetero) is 1. The molecule has 0 atom stereocenters. The summed E-state index contributed by atoms with van der Waals surface area (Å²) in [6.45, 7) is 1.97. The fourth-order valence-electron chi connectivity index (χ4n) is 1.84. The normalized spacial score (nSPS) is 10.5. The number of phenolic OH excluding ortho intramolecular Hbond substituents is 1. The first-order valence-electron chi connectivity index (χ1n) is 5.74. The van der Waals surface area contributed by atoms with Crippen molar-refractivity contribution in [2.24, 2.45) is 0 Å². The zero-order valence-electron chi connectivity index (χ0n) is 10.3. The third-order valence-electron chi connectivity index (χ3n) is 2.92. The SMILES string of the molecule is Cc1ccc(Br)cc1CC(=O)c1ccc(Br)cc1O. The number of benzene rings is 2. The molecule has 0 spiro atoms. The third-order valence-corrected chi connectivity index (χ3v) is 3.91. The van der Waals surface area contributed by atoms with E-state index in [-0.39, 0.29) is 18.0 Å². The quantitative estimate of drug-likeness (QED) is 0.783. The molecule has 19 heavy (non-hydrogen) atoms. The second-order valence-corrected chi connectivity index (χ2v) is 6.16. The van der Waals surface area contributed by atoms with E-state index in [1.54, 1.807) is 12.1 Å².